The van der Waals surface area contributed by atoms with Gasteiger partial charge in [0.25, 0.3) is 0 Å². The van der Waals surface area contributed by atoms with Crippen LogP contribution in [0, 0.1) is 41.5 Å². The van der Waals surface area contributed by atoms with Gasteiger partial charge in [-0.1, -0.05) is 35.4 Å². The Morgan fingerprint density at radius 2 is 0.973 bits per heavy atom. The van der Waals surface area contributed by atoms with E-state index in [1.165, 1.54) is 55.6 Å². The summed E-state index contributed by atoms with van der Waals surface area (Å²) in [5, 5.41) is 0. The molecule has 0 atom stereocenters. The van der Waals surface area contributed by atoms with Crippen LogP contribution >= 0.6 is 0 Å². The van der Waals surface area contributed by atoms with Gasteiger partial charge >= 0.3 is 0 Å². The Hall–Kier alpha value is -3.66. The van der Waals surface area contributed by atoms with Crippen molar-refractivity contribution in [3.8, 4) is 22.3 Å². The van der Waals surface area contributed by atoms with E-state index in [0.717, 1.165) is 44.2 Å². The highest BCUT2D eigenvalue weighted by Crippen LogP contribution is 2.30. The molecule has 1 saturated heterocycles. The summed E-state index contributed by atoms with van der Waals surface area (Å²) in [7, 11) is 0. The predicted octanol–water partition coefficient (Wildman–Crippen LogP) is 7.38. The maximum atomic E-state index is 4.88. The van der Waals surface area contributed by atoms with Gasteiger partial charge in [-0.2, -0.15) is 0 Å². The van der Waals surface area contributed by atoms with Gasteiger partial charge in [-0.3, -0.25) is 0 Å². The molecule has 190 valence electrons. The van der Waals surface area contributed by atoms with Crippen molar-refractivity contribution in [3.63, 3.8) is 0 Å². The van der Waals surface area contributed by atoms with Crippen LogP contribution in [0.1, 0.15) is 39.8 Å². The van der Waals surface area contributed by atoms with Gasteiger partial charge < -0.3 is 9.80 Å². The number of benzene rings is 2. The fourth-order valence-electron chi connectivity index (χ4n) is 5.52. The Balaban J connectivity index is 1.28. The van der Waals surface area contributed by atoms with E-state index in [-0.39, 0.29) is 0 Å². The second kappa shape index (κ2) is 10.4. The van der Waals surface area contributed by atoms with E-state index >= 15 is 0 Å². The summed E-state index contributed by atoms with van der Waals surface area (Å²) in [4.78, 5) is 14.6. The van der Waals surface area contributed by atoms with Gasteiger partial charge in [0, 0.05) is 49.7 Å². The molecule has 4 nitrogen and oxygen atoms in total. The Morgan fingerprint density at radius 3 is 1.35 bits per heavy atom. The van der Waals surface area contributed by atoms with Crippen LogP contribution in [0.2, 0.25) is 0 Å². The lowest BCUT2D eigenvalue weighted by Crippen LogP contribution is -2.31. The highest BCUT2D eigenvalue weighted by molar-refractivity contribution is 5.71. The number of hydrogen-bond donors (Lipinski definition) is 0. The number of aryl methyl sites for hydroxylation is 4. The molecular formula is C33H38N4. The van der Waals surface area contributed by atoms with E-state index in [1.54, 1.807) is 0 Å². The monoisotopic (exact) mass is 490 g/mol. The minimum atomic E-state index is 0.939. The van der Waals surface area contributed by atoms with Crippen LogP contribution in [0.4, 0.5) is 11.6 Å². The average molecular weight is 491 g/mol. The van der Waals surface area contributed by atoms with Crippen molar-refractivity contribution in [2.45, 2.75) is 48.0 Å². The van der Waals surface area contributed by atoms with Gasteiger partial charge in [-0.25, -0.2) is 9.97 Å². The molecule has 1 aliphatic heterocycles. The highest BCUT2D eigenvalue weighted by Gasteiger charge is 2.18. The van der Waals surface area contributed by atoms with E-state index in [2.05, 4.69) is 99.9 Å². The SMILES string of the molecule is Cc1cc(C)c(C)c(-c2ccc(N3CCCN(c4ccc(-c5cc(C)cc(C)c5C)cn4)CC3)nc2)c1. The quantitative estimate of drug-likeness (QED) is 0.299. The third-order valence-corrected chi connectivity index (χ3v) is 7.89. The summed E-state index contributed by atoms with van der Waals surface area (Å²) in [5.41, 5.74) is 12.8. The molecule has 1 fully saturated rings. The van der Waals surface area contributed by atoms with Gasteiger partial charge in [0.1, 0.15) is 11.6 Å². The summed E-state index contributed by atoms with van der Waals surface area (Å²) >= 11 is 0. The molecule has 0 radical (unpaired) electrons. The van der Waals surface area contributed by atoms with Crippen LogP contribution < -0.4 is 9.80 Å². The smallest absolute Gasteiger partial charge is 0.128 e. The first-order valence-electron chi connectivity index (χ1n) is 13.4. The van der Waals surface area contributed by atoms with Crippen LogP contribution in [0.5, 0.6) is 0 Å². The summed E-state index contributed by atoms with van der Waals surface area (Å²) in [6.07, 6.45) is 5.15. The average Bonchev–Trinajstić information content (AvgIpc) is 3.15. The summed E-state index contributed by atoms with van der Waals surface area (Å²) < 4.78 is 0. The first kappa shape index (κ1) is 25.0. The van der Waals surface area contributed by atoms with E-state index in [0.29, 0.717) is 0 Å². The zero-order valence-electron chi connectivity index (χ0n) is 23.1. The van der Waals surface area contributed by atoms with Crippen LogP contribution in [-0.2, 0) is 0 Å². The first-order chi connectivity index (χ1) is 17.8. The standard InChI is InChI=1S/C33H38N4/c1-22-16-24(3)26(5)30(18-22)28-8-10-32(34-20-28)36-12-7-13-37(15-14-36)33-11-9-29(21-35-33)31-19-23(2)17-25(4)27(31)6/h8-11,16-21H,7,12-15H2,1-6H3. The fraction of sp³-hybridized carbons (Fsp3) is 0.333. The Bertz CT molecular complexity index is 1300. The van der Waals surface area contributed by atoms with Crippen molar-refractivity contribution in [2.24, 2.45) is 0 Å². The summed E-state index contributed by atoms with van der Waals surface area (Å²) in [6, 6.07) is 17.8. The number of hydrogen-bond acceptors (Lipinski definition) is 4. The molecule has 0 bridgehead atoms. The molecule has 4 aromatic rings. The van der Waals surface area contributed by atoms with Gasteiger partial charge in [0.15, 0.2) is 0 Å². The Kier molecular flexibility index (Phi) is 7.01. The molecule has 0 unspecified atom stereocenters. The molecule has 0 N–H and O–H groups in total. The molecule has 2 aromatic carbocycles. The molecule has 0 saturated carbocycles. The molecule has 5 rings (SSSR count). The number of nitrogens with zero attached hydrogens (tertiary/aromatic N) is 4. The number of rotatable bonds is 4. The minimum absolute atomic E-state index is 0.939. The predicted molar refractivity (Wildman–Crippen MR) is 157 cm³/mol. The first-order valence-corrected chi connectivity index (χ1v) is 13.4. The van der Waals surface area contributed by atoms with Crippen molar-refractivity contribution < 1.29 is 0 Å². The lowest BCUT2D eigenvalue weighted by atomic mass is 9.96. The van der Waals surface area contributed by atoms with E-state index in [1.807, 2.05) is 12.4 Å². The molecule has 2 aromatic heterocycles. The molecular weight excluding hydrogens is 452 g/mol. The van der Waals surface area contributed by atoms with Crippen LogP contribution in [0.15, 0.2) is 60.9 Å². The van der Waals surface area contributed by atoms with Crippen LogP contribution in [0.25, 0.3) is 22.3 Å². The lowest BCUT2D eigenvalue weighted by molar-refractivity contribution is 0.794. The van der Waals surface area contributed by atoms with Crippen LogP contribution in [-0.4, -0.2) is 36.1 Å². The van der Waals surface area contributed by atoms with Gasteiger partial charge in [0.05, 0.1) is 0 Å². The highest BCUT2D eigenvalue weighted by atomic mass is 15.3. The Morgan fingerprint density at radius 1 is 0.541 bits per heavy atom. The van der Waals surface area contributed by atoms with Crippen molar-refractivity contribution in [1.82, 2.24) is 9.97 Å². The molecule has 37 heavy (non-hydrogen) atoms. The lowest BCUT2D eigenvalue weighted by Gasteiger charge is -2.24. The molecule has 0 spiro atoms. The van der Waals surface area contributed by atoms with E-state index in [9.17, 15) is 0 Å². The van der Waals surface area contributed by atoms with Crippen molar-refractivity contribution in [3.05, 3.63) is 94.3 Å². The zero-order chi connectivity index (χ0) is 26.1. The molecule has 3 heterocycles. The third kappa shape index (κ3) is 5.24. The maximum Gasteiger partial charge on any atom is 0.128 e. The molecule has 1 aliphatic rings. The Labute approximate surface area is 222 Å². The maximum absolute atomic E-state index is 4.88. The number of pyridine rings is 2. The molecule has 0 amide bonds. The number of aromatic nitrogens is 2. The largest absolute Gasteiger partial charge is 0.355 e. The molecule has 0 aliphatic carbocycles. The van der Waals surface area contributed by atoms with Gasteiger partial charge in [-0.15, -0.1) is 0 Å². The van der Waals surface area contributed by atoms with Crippen molar-refractivity contribution >= 4 is 11.6 Å². The van der Waals surface area contributed by atoms with E-state index < -0.39 is 0 Å². The second-order valence-corrected chi connectivity index (χ2v) is 10.6. The summed E-state index contributed by atoms with van der Waals surface area (Å²) in [5.74, 6) is 2.11. The van der Waals surface area contributed by atoms with Crippen LogP contribution in [0.3, 0.4) is 0 Å². The second-order valence-electron chi connectivity index (χ2n) is 10.6. The van der Waals surface area contributed by atoms with Crippen molar-refractivity contribution in [2.75, 3.05) is 36.0 Å². The van der Waals surface area contributed by atoms with Crippen molar-refractivity contribution in [1.29, 1.82) is 0 Å². The summed E-state index contributed by atoms with van der Waals surface area (Å²) in [6.45, 7) is 17.0. The normalized spacial score (nSPS) is 14.1. The van der Waals surface area contributed by atoms with Gasteiger partial charge in [-0.05, 0) is 106 Å². The van der Waals surface area contributed by atoms with Gasteiger partial charge in [0.2, 0.25) is 0 Å². The third-order valence-electron chi connectivity index (χ3n) is 7.89. The molecule has 4 heteroatoms. The zero-order valence-corrected chi connectivity index (χ0v) is 23.1. The fourth-order valence-corrected chi connectivity index (χ4v) is 5.52. The topological polar surface area (TPSA) is 32.3 Å². The van der Waals surface area contributed by atoms with E-state index in [4.69, 9.17) is 9.97 Å². The minimum Gasteiger partial charge on any atom is -0.355 e. The number of anilines is 2.